The molecule has 0 aromatic carbocycles. The molecule has 0 heterocycles. The van der Waals surface area contributed by atoms with Crippen molar-refractivity contribution in [3.8, 4) is 0 Å². The Bertz CT molecular complexity index is 93.4. The molecule has 0 spiro atoms. The van der Waals surface area contributed by atoms with Gasteiger partial charge in [-0.25, -0.2) is 4.99 Å². The van der Waals surface area contributed by atoms with Crippen LogP contribution in [-0.2, 0) is 0 Å². The summed E-state index contributed by atoms with van der Waals surface area (Å²) in [5.41, 5.74) is 0. The molecule has 0 atom stereocenters. The number of aliphatic imine (C=N–C) groups is 1. The van der Waals surface area contributed by atoms with Crippen LogP contribution in [0.2, 0.25) is 0 Å². The van der Waals surface area contributed by atoms with Gasteiger partial charge in [-0.1, -0.05) is 19.9 Å². The highest BCUT2D eigenvalue weighted by molar-refractivity contribution is 5.54. The van der Waals surface area contributed by atoms with Gasteiger partial charge in [0.05, 0.1) is 6.34 Å². The van der Waals surface area contributed by atoms with Crippen LogP contribution >= 0.6 is 0 Å². The van der Waals surface area contributed by atoms with Crippen molar-refractivity contribution >= 4 is 6.34 Å². The van der Waals surface area contributed by atoms with E-state index < -0.39 is 0 Å². The van der Waals surface area contributed by atoms with E-state index in [2.05, 4.69) is 4.99 Å². The van der Waals surface area contributed by atoms with Gasteiger partial charge >= 0.3 is 0 Å². The minimum atomic E-state index is 1.75. The van der Waals surface area contributed by atoms with E-state index in [1.54, 1.807) is 12.5 Å². The molecule has 0 radical (unpaired) electrons. The average molecular weight is 142 g/mol. The zero-order valence-corrected chi connectivity index (χ0v) is 7.63. The van der Waals surface area contributed by atoms with Crippen molar-refractivity contribution in [2.24, 2.45) is 4.99 Å². The minimum Gasteiger partial charge on any atom is -0.369 e. The molecule has 2 heteroatoms. The van der Waals surface area contributed by atoms with E-state index in [0.717, 1.165) is 0 Å². The molecule has 0 saturated heterocycles. The molecule has 0 unspecified atom stereocenters. The van der Waals surface area contributed by atoms with Gasteiger partial charge in [-0.15, -0.1) is 0 Å². The lowest BCUT2D eigenvalue weighted by Gasteiger charge is -1.98. The molecular formula is C8H18N2. The van der Waals surface area contributed by atoms with Crippen molar-refractivity contribution in [1.82, 2.24) is 4.90 Å². The summed E-state index contributed by atoms with van der Waals surface area (Å²) in [6.07, 6.45) is 5.39. The Hall–Kier alpha value is -0.790. The molecule has 0 saturated carbocycles. The lowest BCUT2D eigenvalue weighted by atomic mass is 10.7. The summed E-state index contributed by atoms with van der Waals surface area (Å²) >= 11 is 0. The zero-order chi connectivity index (χ0) is 8.41. The zero-order valence-electron chi connectivity index (χ0n) is 7.63. The minimum absolute atomic E-state index is 1.75. The molecule has 2 nitrogen and oxygen atoms in total. The van der Waals surface area contributed by atoms with Gasteiger partial charge in [0.1, 0.15) is 0 Å². The molecule has 60 valence electrons. The average Bonchev–Trinajstić information content (AvgIpc) is 1.92. The van der Waals surface area contributed by atoms with Gasteiger partial charge < -0.3 is 4.90 Å². The summed E-state index contributed by atoms with van der Waals surface area (Å²) < 4.78 is 0. The van der Waals surface area contributed by atoms with Gasteiger partial charge in [-0.05, 0) is 6.92 Å². The largest absolute Gasteiger partial charge is 0.369 e. The highest BCUT2D eigenvalue weighted by Crippen LogP contribution is 1.71. The normalized spacial score (nSPS) is 9.70. The van der Waals surface area contributed by atoms with Crippen molar-refractivity contribution in [3.63, 3.8) is 0 Å². The Morgan fingerprint density at radius 1 is 1.20 bits per heavy atom. The standard InChI is InChI=1S/C6H12N2.C2H6/c1-4-5-7-6-8(2)3;1-2/h4-6H,1-3H3;1-2H3/b5-4+,7-6?;. The van der Waals surface area contributed by atoms with Crippen molar-refractivity contribution in [1.29, 1.82) is 0 Å². The fraction of sp³-hybridized carbons (Fsp3) is 0.625. The third-order valence-electron chi connectivity index (χ3n) is 0.533. The Balaban J connectivity index is 0. The smallest absolute Gasteiger partial charge is 0.0899 e. The van der Waals surface area contributed by atoms with E-state index in [1.165, 1.54) is 0 Å². The van der Waals surface area contributed by atoms with Gasteiger partial charge in [-0.3, -0.25) is 0 Å². The summed E-state index contributed by atoms with van der Waals surface area (Å²) in [7, 11) is 3.88. The maximum atomic E-state index is 3.91. The maximum Gasteiger partial charge on any atom is 0.0899 e. The van der Waals surface area contributed by atoms with Gasteiger partial charge in [-0.2, -0.15) is 0 Å². The molecule has 0 aromatic heterocycles. The molecular weight excluding hydrogens is 124 g/mol. The molecule has 0 aliphatic carbocycles. The first kappa shape index (κ1) is 11.9. The summed E-state index contributed by atoms with van der Waals surface area (Å²) in [4.78, 5) is 5.80. The van der Waals surface area contributed by atoms with Gasteiger partial charge in [0, 0.05) is 20.3 Å². The topological polar surface area (TPSA) is 15.6 Å². The maximum absolute atomic E-state index is 3.91. The fourth-order valence-electron chi connectivity index (χ4n) is 0.258. The monoisotopic (exact) mass is 142 g/mol. The molecule has 0 amide bonds. The lowest BCUT2D eigenvalue weighted by Crippen LogP contribution is -2.06. The van der Waals surface area contributed by atoms with E-state index in [0.29, 0.717) is 0 Å². The molecule has 0 rings (SSSR count). The third kappa shape index (κ3) is 15.7. The summed E-state index contributed by atoms with van der Waals surface area (Å²) in [6, 6.07) is 0. The van der Waals surface area contributed by atoms with Crippen molar-refractivity contribution in [3.05, 3.63) is 12.3 Å². The predicted octanol–water partition coefficient (Wildman–Crippen LogP) is 2.14. The van der Waals surface area contributed by atoms with E-state index in [9.17, 15) is 0 Å². The molecule has 0 aliphatic heterocycles. The van der Waals surface area contributed by atoms with Crippen molar-refractivity contribution in [2.45, 2.75) is 20.8 Å². The number of hydrogen-bond acceptors (Lipinski definition) is 1. The highest BCUT2D eigenvalue weighted by Gasteiger charge is 1.69. The van der Waals surface area contributed by atoms with Crippen molar-refractivity contribution in [2.75, 3.05) is 14.1 Å². The van der Waals surface area contributed by atoms with Crippen molar-refractivity contribution < 1.29 is 0 Å². The van der Waals surface area contributed by atoms with E-state index in [4.69, 9.17) is 0 Å². The first-order valence-electron chi connectivity index (χ1n) is 3.58. The Kier molecular flexibility index (Phi) is 13.2. The summed E-state index contributed by atoms with van der Waals surface area (Å²) in [5, 5.41) is 0. The Morgan fingerprint density at radius 3 is 2.00 bits per heavy atom. The number of nitrogens with zero attached hydrogens (tertiary/aromatic N) is 2. The highest BCUT2D eigenvalue weighted by atomic mass is 15.1. The molecule has 0 bridgehead atoms. The van der Waals surface area contributed by atoms with Crippen LogP contribution in [0.3, 0.4) is 0 Å². The number of hydrogen-bond donors (Lipinski definition) is 0. The van der Waals surface area contributed by atoms with Gasteiger partial charge in [0.2, 0.25) is 0 Å². The molecule has 0 fully saturated rings. The van der Waals surface area contributed by atoms with Crippen LogP contribution in [0, 0.1) is 0 Å². The van der Waals surface area contributed by atoms with Crippen LogP contribution in [0.15, 0.2) is 17.3 Å². The predicted molar refractivity (Wildman–Crippen MR) is 48.3 cm³/mol. The molecule has 10 heavy (non-hydrogen) atoms. The van der Waals surface area contributed by atoms with E-state index in [-0.39, 0.29) is 0 Å². The second-order valence-corrected chi connectivity index (χ2v) is 1.71. The molecule has 0 aromatic rings. The quantitative estimate of drug-likeness (QED) is 0.426. The second kappa shape index (κ2) is 11.1. The van der Waals surface area contributed by atoms with Crippen LogP contribution in [0.1, 0.15) is 20.8 Å². The van der Waals surface area contributed by atoms with Crippen LogP contribution in [0.5, 0.6) is 0 Å². The summed E-state index contributed by atoms with van der Waals surface area (Å²) in [5.74, 6) is 0. The Labute approximate surface area is 64.3 Å². The first-order valence-corrected chi connectivity index (χ1v) is 3.58. The Morgan fingerprint density at radius 2 is 1.70 bits per heavy atom. The van der Waals surface area contributed by atoms with Gasteiger partial charge in [0.25, 0.3) is 0 Å². The van der Waals surface area contributed by atoms with Gasteiger partial charge in [0.15, 0.2) is 0 Å². The van der Waals surface area contributed by atoms with Crippen LogP contribution in [0.4, 0.5) is 0 Å². The van der Waals surface area contributed by atoms with E-state index in [1.807, 2.05) is 45.8 Å². The first-order chi connectivity index (χ1) is 4.77. The lowest BCUT2D eigenvalue weighted by molar-refractivity contribution is 0.643. The molecule has 0 N–H and O–H groups in total. The molecule has 0 aliphatic rings. The van der Waals surface area contributed by atoms with Crippen LogP contribution < -0.4 is 0 Å². The third-order valence-corrected chi connectivity index (χ3v) is 0.533. The second-order valence-electron chi connectivity index (χ2n) is 1.71. The fourth-order valence-corrected chi connectivity index (χ4v) is 0.258. The van der Waals surface area contributed by atoms with E-state index >= 15 is 0 Å². The summed E-state index contributed by atoms with van der Waals surface area (Å²) in [6.45, 7) is 5.94. The number of allylic oxidation sites excluding steroid dienone is 1. The van der Waals surface area contributed by atoms with Crippen LogP contribution in [-0.4, -0.2) is 25.3 Å². The van der Waals surface area contributed by atoms with Crippen LogP contribution in [0.25, 0.3) is 0 Å². The SMILES string of the molecule is C/C=C/N=CN(C)C.CC. The number of rotatable bonds is 2.